The lowest BCUT2D eigenvalue weighted by molar-refractivity contribution is 0.1000. The first-order valence-electron chi connectivity index (χ1n) is 7.55. The zero-order valence-corrected chi connectivity index (χ0v) is 15.9. The maximum atomic E-state index is 11.2. The Labute approximate surface area is 160 Å². The lowest BCUT2D eigenvalue weighted by atomic mass is 10.00. The van der Waals surface area contributed by atoms with Crippen LogP contribution in [-0.4, -0.2) is 21.8 Å². The van der Waals surface area contributed by atoms with Crippen molar-refractivity contribution in [2.45, 2.75) is 19.4 Å². The Morgan fingerprint density at radius 2 is 2.19 bits per heavy atom. The number of thiazole rings is 1. The highest BCUT2D eigenvalue weighted by atomic mass is 35.5. The fraction of sp³-hybridized carbons (Fsp3) is 0.176. The highest BCUT2D eigenvalue weighted by Crippen LogP contribution is 2.25. The number of rotatable bonds is 6. The van der Waals surface area contributed by atoms with Crippen LogP contribution in [0.2, 0.25) is 5.02 Å². The molecule has 1 amide bonds. The van der Waals surface area contributed by atoms with Gasteiger partial charge in [-0.25, -0.2) is 9.98 Å². The number of aliphatic imine (C=N–C) groups is 1. The van der Waals surface area contributed by atoms with E-state index in [1.807, 2.05) is 13.8 Å². The molecule has 0 aliphatic heterocycles. The second kappa shape index (κ2) is 8.11. The first-order chi connectivity index (χ1) is 12.2. The van der Waals surface area contributed by atoms with Crippen LogP contribution in [0, 0.1) is 0 Å². The Bertz CT molecular complexity index is 887. The summed E-state index contributed by atoms with van der Waals surface area (Å²) in [5.41, 5.74) is 12.4. The molecule has 0 spiro atoms. The normalized spacial score (nSPS) is 12.7. The van der Waals surface area contributed by atoms with E-state index in [1.165, 1.54) is 6.20 Å². The van der Waals surface area contributed by atoms with Gasteiger partial charge in [0.25, 0.3) is 5.91 Å². The average Bonchev–Trinajstić information content (AvgIpc) is 3.05. The molecule has 136 valence electrons. The molecule has 0 aromatic carbocycles. The second-order valence-corrected chi connectivity index (χ2v) is 7.05. The van der Waals surface area contributed by atoms with E-state index in [4.69, 9.17) is 23.1 Å². The molecule has 2 aromatic heterocycles. The molecule has 2 aromatic rings. The Morgan fingerprint density at radius 1 is 1.46 bits per heavy atom. The number of primary amides is 1. The van der Waals surface area contributed by atoms with Crippen molar-refractivity contribution in [1.82, 2.24) is 15.3 Å². The number of aromatic nitrogens is 2. The van der Waals surface area contributed by atoms with E-state index in [-0.39, 0.29) is 11.0 Å². The van der Waals surface area contributed by atoms with Gasteiger partial charge in [0.2, 0.25) is 0 Å². The third-order valence-corrected chi connectivity index (χ3v) is 4.53. The van der Waals surface area contributed by atoms with Crippen LogP contribution in [0.5, 0.6) is 0 Å². The van der Waals surface area contributed by atoms with E-state index in [1.54, 1.807) is 29.8 Å². The SMILES string of the molecule is C=C/C(=C\N=C(/N)NC(C)(C)c1ncccc1Cl)c1csc(C(N)=O)n1. The second-order valence-electron chi connectivity index (χ2n) is 5.79. The van der Waals surface area contributed by atoms with E-state index in [9.17, 15) is 4.79 Å². The van der Waals surface area contributed by atoms with Crippen LogP contribution in [0.1, 0.15) is 35.0 Å². The first-order valence-corrected chi connectivity index (χ1v) is 8.81. The van der Waals surface area contributed by atoms with Gasteiger partial charge >= 0.3 is 0 Å². The number of nitrogens with zero attached hydrogens (tertiary/aromatic N) is 3. The summed E-state index contributed by atoms with van der Waals surface area (Å²) in [7, 11) is 0. The van der Waals surface area contributed by atoms with Crippen LogP contribution in [0.3, 0.4) is 0 Å². The summed E-state index contributed by atoms with van der Waals surface area (Å²) in [5.74, 6) is -0.412. The largest absolute Gasteiger partial charge is 0.370 e. The van der Waals surface area contributed by atoms with Crippen LogP contribution in [-0.2, 0) is 5.54 Å². The van der Waals surface area contributed by atoms with Crippen molar-refractivity contribution in [3.8, 4) is 0 Å². The summed E-state index contributed by atoms with van der Waals surface area (Å²) in [6.07, 6.45) is 4.73. The predicted octanol–water partition coefficient (Wildman–Crippen LogP) is 2.66. The van der Waals surface area contributed by atoms with Crippen molar-refractivity contribution >= 4 is 40.4 Å². The number of amides is 1. The van der Waals surface area contributed by atoms with Gasteiger partial charge in [0.15, 0.2) is 11.0 Å². The summed E-state index contributed by atoms with van der Waals surface area (Å²) in [6, 6.07) is 3.52. The number of carbonyl (C=O) groups excluding carboxylic acids is 1. The molecule has 2 heterocycles. The zero-order valence-electron chi connectivity index (χ0n) is 14.4. The first kappa shape index (κ1) is 19.6. The van der Waals surface area contributed by atoms with E-state index in [0.717, 1.165) is 11.3 Å². The number of carbonyl (C=O) groups is 1. The summed E-state index contributed by atoms with van der Waals surface area (Å²) in [6.45, 7) is 7.51. The average molecular weight is 391 g/mol. The molecule has 0 saturated heterocycles. The van der Waals surface area contributed by atoms with Crippen molar-refractivity contribution in [1.29, 1.82) is 0 Å². The number of nitrogens with two attached hydrogens (primary N) is 2. The van der Waals surface area contributed by atoms with E-state index < -0.39 is 11.4 Å². The molecule has 9 heteroatoms. The molecule has 26 heavy (non-hydrogen) atoms. The molecule has 0 fully saturated rings. The minimum Gasteiger partial charge on any atom is -0.370 e. The number of hydrogen-bond acceptors (Lipinski definition) is 5. The van der Waals surface area contributed by atoms with Crippen LogP contribution in [0.4, 0.5) is 0 Å². The van der Waals surface area contributed by atoms with Gasteiger partial charge in [-0.2, -0.15) is 0 Å². The topological polar surface area (TPSA) is 119 Å². The summed E-state index contributed by atoms with van der Waals surface area (Å²) < 4.78 is 0. The Kier molecular flexibility index (Phi) is 6.12. The number of nitrogens with one attached hydrogen (secondary N) is 1. The quantitative estimate of drug-likeness (QED) is 0.398. The van der Waals surface area contributed by atoms with Gasteiger partial charge in [-0.05, 0) is 26.0 Å². The lowest BCUT2D eigenvalue weighted by Crippen LogP contribution is -2.45. The number of hydrogen-bond donors (Lipinski definition) is 3. The fourth-order valence-corrected chi connectivity index (χ4v) is 3.18. The van der Waals surface area contributed by atoms with Crippen molar-refractivity contribution in [2.75, 3.05) is 0 Å². The molecule has 0 unspecified atom stereocenters. The lowest BCUT2D eigenvalue weighted by Gasteiger charge is -2.26. The smallest absolute Gasteiger partial charge is 0.277 e. The van der Waals surface area contributed by atoms with Crippen molar-refractivity contribution in [3.63, 3.8) is 0 Å². The van der Waals surface area contributed by atoms with Gasteiger partial charge in [-0.3, -0.25) is 9.78 Å². The molecule has 0 aliphatic carbocycles. The molecule has 0 bridgehead atoms. The van der Waals surface area contributed by atoms with Gasteiger partial charge in [0.05, 0.1) is 21.9 Å². The number of halogens is 1. The highest BCUT2D eigenvalue weighted by molar-refractivity contribution is 7.11. The number of pyridine rings is 1. The molecule has 2 rings (SSSR count). The molecular weight excluding hydrogens is 372 g/mol. The monoisotopic (exact) mass is 390 g/mol. The minimum atomic E-state index is -0.631. The summed E-state index contributed by atoms with van der Waals surface area (Å²) >= 11 is 7.35. The van der Waals surface area contributed by atoms with E-state index in [2.05, 4.69) is 26.9 Å². The van der Waals surface area contributed by atoms with Crippen LogP contribution >= 0.6 is 22.9 Å². The molecule has 0 radical (unpaired) electrons. The van der Waals surface area contributed by atoms with Gasteiger partial charge in [-0.15, -0.1) is 11.3 Å². The van der Waals surface area contributed by atoms with E-state index in [0.29, 0.717) is 22.0 Å². The fourth-order valence-electron chi connectivity index (χ4n) is 2.14. The van der Waals surface area contributed by atoms with Crippen LogP contribution < -0.4 is 16.8 Å². The van der Waals surface area contributed by atoms with Crippen molar-refractivity contribution < 1.29 is 4.79 Å². The molecule has 0 atom stereocenters. The summed E-state index contributed by atoms with van der Waals surface area (Å²) in [4.78, 5) is 23.8. The molecular formula is C17H19ClN6OS. The van der Waals surface area contributed by atoms with Gasteiger partial charge in [-0.1, -0.05) is 24.3 Å². The maximum Gasteiger partial charge on any atom is 0.277 e. The molecule has 0 aliphatic rings. The van der Waals surface area contributed by atoms with Gasteiger partial charge in [0, 0.05) is 23.3 Å². The Morgan fingerprint density at radius 3 is 2.77 bits per heavy atom. The van der Waals surface area contributed by atoms with Crippen molar-refractivity contribution in [2.24, 2.45) is 16.5 Å². The predicted molar refractivity (Wildman–Crippen MR) is 106 cm³/mol. The van der Waals surface area contributed by atoms with Crippen LogP contribution in [0.25, 0.3) is 5.57 Å². The Hall–Kier alpha value is -2.71. The van der Waals surface area contributed by atoms with Crippen LogP contribution in [0.15, 0.2) is 47.6 Å². The minimum absolute atomic E-state index is 0.168. The summed E-state index contributed by atoms with van der Waals surface area (Å²) in [5, 5.41) is 5.52. The van der Waals surface area contributed by atoms with Crippen molar-refractivity contribution in [3.05, 3.63) is 64.0 Å². The Balaban J connectivity index is 2.21. The molecule has 5 N–H and O–H groups in total. The zero-order chi connectivity index (χ0) is 19.3. The third kappa shape index (κ3) is 4.68. The molecule has 0 saturated carbocycles. The standard InChI is InChI=1S/C17H19ClN6OS/c1-4-10(12-9-26-15(23-12)14(19)25)8-22-16(20)24-17(2,3)13-11(18)6-5-7-21-13/h4-9H,1H2,2-3H3,(H2,19,25)(H3,20,22,24)/b10-8+. The van der Waals surface area contributed by atoms with Gasteiger partial charge in [0.1, 0.15) is 0 Å². The highest BCUT2D eigenvalue weighted by Gasteiger charge is 2.25. The number of allylic oxidation sites excluding steroid dienone is 2. The third-order valence-electron chi connectivity index (χ3n) is 3.36. The van der Waals surface area contributed by atoms with Gasteiger partial charge < -0.3 is 16.8 Å². The molecule has 7 nitrogen and oxygen atoms in total. The maximum absolute atomic E-state index is 11.2. The van der Waals surface area contributed by atoms with E-state index >= 15 is 0 Å². The number of guanidine groups is 1.